The summed E-state index contributed by atoms with van der Waals surface area (Å²) in [5.41, 5.74) is 1.40. The number of rotatable bonds is 4. The molecular weight excluding hydrogens is 420 g/mol. The standard InChI is InChI=1S/C21H20N4O3S2/c1-12-16-18(22-11-24(2)19(16)26)30-17(12)20(27)25(10-13-6-5-9-28-13)21-23-14-7-3-4-8-15(14)29-21/h3-4,7-8,11,13H,5-6,9-10H2,1-2H3. The average molecular weight is 441 g/mol. The molecule has 5 rings (SSSR count). The van der Waals surface area contributed by atoms with Crippen LogP contribution in [-0.2, 0) is 11.8 Å². The molecule has 1 saturated heterocycles. The normalized spacial score (nSPS) is 16.5. The summed E-state index contributed by atoms with van der Waals surface area (Å²) in [7, 11) is 1.66. The van der Waals surface area contributed by atoms with Crippen LogP contribution in [0.25, 0.3) is 20.4 Å². The van der Waals surface area contributed by atoms with Gasteiger partial charge in [0.2, 0.25) is 0 Å². The number of hydrogen-bond donors (Lipinski definition) is 0. The smallest absolute Gasteiger partial charge is 0.270 e. The van der Waals surface area contributed by atoms with Crippen LogP contribution < -0.4 is 10.5 Å². The van der Waals surface area contributed by atoms with Crippen LogP contribution in [0.3, 0.4) is 0 Å². The molecule has 4 heterocycles. The fraction of sp³-hybridized carbons (Fsp3) is 0.333. The highest BCUT2D eigenvalue weighted by Crippen LogP contribution is 2.34. The quantitative estimate of drug-likeness (QED) is 0.483. The predicted octanol–water partition coefficient (Wildman–Crippen LogP) is 3.74. The molecule has 1 aromatic carbocycles. The summed E-state index contributed by atoms with van der Waals surface area (Å²) in [5, 5.41) is 1.16. The zero-order valence-electron chi connectivity index (χ0n) is 16.6. The summed E-state index contributed by atoms with van der Waals surface area (Å²) in [4.78, 5) is 38.2. The molecule has 9 heteroatoms. The number of thiophene rings is 1. The Morgan fingerprint density at radius 3 is 2.93 bits per heavy atom. The maximum Gasteiger partial charge on any atom is 0.270 e. The molecule has 1 aliphatic heterocycles. The second kappa shape index (κ2) is 7.57. The summed E-state index contributed by atoms with van der Waals surface area (Å²) in [6.45, 7) is 2.98. The number of amides is 1. The molecule has 1 unspecified atom stereocenters. The van der Waals surface area contributed by atoms with E-state index in [9.17, 15) is 9.59 Å². The van der Waals surface area contributed by atoms with Crippen LogP contribution in [0.15, 0.2) is 35.4 Å². The topological polar surface area (TPSA) is 77.3 Å². The highest BCUT2D eigenvalue weighted by Gasteiger charge is 2.30. The van der Waals surface area contributed by atoms with Gasteiger partial charge in [-0.3, -0.25) is 14.5 Å². The first-order chi connectivity index (χ1) is 14.5. The number of carbonyl (C=O) groups is 1. The van der Waals surface area contributed by atoms with Gasteiger partial charge in [-0.05, 0) is 37.5 Å². The molecule has 30 heavy (non-hydrogen) atoms. The van der Waals surface area contributed by atoms with Crippen LogP contribution in [0.1, 0.15) is 28.1 Å². The minimum Gasteiger partial charge on any atom is -0.376 e. The van der Waals surface area contributed by atoms with Gasteiger partial charge in [0, 0.05) is 13.7 Å². The van der Waals surface area contributed by atoms with E-state index in [0.717, 1.165) is 23.1 Å². The molecule has 1 aliphatic rings. The van der Waals surface area contributed by atoms with Crippen molar-refractivity contribution in [3.05, 3.63) is 51.4 Å². The molecule has 1 atom stereocenters. The lowest BCUT2D eigenvalue weighted by Crippen LogP contribution is -2.37. The van der Waals surface area contributed by atoms with Crippen molar-refractivity contribution < 1.29 is 9.53 Å². The van der Waals surface area contributed by atoms with E-state index in [-0.39, 0.29) is 17.6 Å². The van der Waals surface area contributed by atoms with Gasteiger partial charge < -0.3 is 9.30 Å². The zero-order valence-corrected chi connectivity index (χ0v) is 18.3. The van der Waals surface area contributed by atoms with Crippen LogP contribution in [0.4, 0.5) is 5.13 Å². The molecule has 7 nitrogen and oxygen atoms in total. The lowest BCUT2D eigenvalue weighted by atomic mass is 10.2. The zero-order chi connectivity index (χ0) is 20.8. The lowest BCUT2D eigenvalue weighted by Gasteiger charge is -2.22. The third kappa shape index (κ3) is 3.23. The number of nitrogens with zero attached hydrogens (tertiary/aromatic N) is 4. The van der Waals surface area contributed by atoms with Gasteiger partial charge in [0.1, 0.15) is 4.83 Å². The van der Waals surface area contributed by atoms with Gasteiger partial charge in [-0.15, -0.1) is 11.3 Å². The molecule has 3 aromatic heterocycles. The average Bonchev–Trinajstić information content (AvgIpc) is 3.47. The van der Waals surface area contributed by atoms with Crippen LogP contribution in [-0.4, -0.2) is 39.7 Å². The first-order valence-electron chi connectivity index (χ1n) is 9.76. The molecule has 1 amide bonds. The Morgan fingerprint density at radius 2 is 2.17 bits per heavy atom. The molecule has 4 aromatic rings. The van der Waals surface area contributed by atoms with Crippen LogP contribution >= 0.6 is 22.7 Å². The fourth-order valence-corrected chi connectivity index (χ4v) is 5.81. The van der Waals surface area contributed by atoms with Crippen molar-refractivity contribution in [3.8, 4) is 0 Å². The van der Waals surface area contributed by atoms with Crippen molar-refractivity contribution in [1.82, 2.24) is 14.5 Å². The minimum absolute atomic E-state index is 0.0124. The molecule has 0 aliphatic carbocycles. The maximum absolute atomic E-state index is 13.7. The maximum atomic E-state index is 13.7. The Hall–Kier alpha value is -2.62. The Morgan fingerprint density at radius 1 is 1.33 bits per heavy atom. The van der Waals surface area contributed by atoms with Gasteiger partial charge >= 0.3 is 0 Å². The van der Waals surface area contributed by atoms with Crippen molar-refractivity contribution in [2.75, 3.05) is 18.1 Å². The third-order valence-corrected chi connectivity index (χ3v) is 7.62. The van der Waals surface area contributed by atoms with E-state index in [2.05, 4.69) is 4.98 Å². The van der Waals surface area contributed by atoms with E-state index >= 15 is 0 Å². The lowest BCUT2D eigenvalue weighted by molar-refractivity contribution is 0.0920. The molecular formula is C21H20N4O3S2. The summed E-state index contributed by atoms with van der Waals surface area (Å²) in [6.07, 6.45) is 3.39. The van der Waals surface area contributed by atoms with Crippen molar-refractivity contribution >= 4 is 54.1 Å². The molecule has 0 N–H and O–H groups in total. The van der Waals surface area contributed by atoms with E-state index in [1.165, 1.54) is 33.6 Å². The van der Waals surface area contributed by atoms with E-state index in [0.29, 0.717) is 38.9 Å². The number of thiazole rings is 1. The van der Waals surface area contributed by atoms with Crippen molar-refractivity contribution in [1.29, 1.82) is 0 Å². The molecule has 154 valence electrons. The molecule has 0 saturated carbocycles. The number of anilines is 1. The molecule has 1 fully saturated rings. The summed E-state index contributed by atoms with van der Waals surface area (Å²) in [5.74, 6) is -0.160. The van der Waals surface area contributed by atoms with E-state index in [4.69, 9.17) is 9.72 Å². The van der Waals surface area contributed by atoms with Gasteiger partial charge in [0.15, 0.2) is 5.13 Å². The van der Waals surface area contributed by atoms with Crippen LogP contribution in [0.5, 0.6) is 0 Å². The monoisotopic (exact) mass is 440 g/mol. The Labute approximate surface area is 180 Å². The number of aromatic nitrogens is 3. The van der Waals surface area contributed by atoms with Crippen molar-refractivity contribution in [2.45, 2.75) is 25.9 Å². The van der Waals surface area contributed by atoms with Gasteiger partial charge in [-0.2, -0.15) is 0 Å². The fourth-order valence-electron chi connectivity index (χ4n) is 3.75. The molecule has 0 radical (unpaired) electrons. The summed E-state index contributed by atoms with van der Waals surface area (Å²) < 4.78 is 8.28. The van der Waals surface area contributed by atoms with Crippen LogP contribution in [0.2, 0.25) is 0 Å². The largest absolute Gasteiger partial charge is 0.376 e. The van der Waals surface area contributed by atoms with Crippen molar-refractivity contribution in [3.63, 3.8) is 0 Å². The van der Waals surface area contributed by atoms with E-state index in [1.807, 2.05) is 31.2 Å². The second-order valence-corrected chi connectivity index (χ2v) is 9.42. The Balaban J connectivity index is 1.61. The van der Waals surface area contributed by atoms with Gasteiger partial charge in [-0.25, -0.2) is 9.97 Å². The number of aryl methyl sites for hydroxylation is 2. The van der Waals surface area contributed by atoms with Crippen LogP contribution in [0, 0.1) is 6.92 Å². The first kappa shape index (κ1) is 19.3. The minimum atomic E-state index is -0.160. The van der Waals surface area contributed by atoms with E-state index < -0.39 is 0 Å². The number of ether oxygens (including phenoxy) is 1. The van der Waals surface area contributed by atoms with Gasteiger partial charge in [0.05, 0.1) is 39.5 Å². The predicted molar refractivity (Wildman–Crippen MR) is 120 cm³/mol. The number of para-hydroxylation sites is 1. The Bertz CT molecular complexity index is 1280. The van der Waals surface area contributed by atoms with Gasteiger partial charge in [-0.1, -0.05) is 23.5 Å². The highest BCUT2D eigenvalue weighted by atomic mass is 32.1. The summed E-state index contributed by atoms with van der Waals surface area (Å²) in [6, 6.07) is 7.86. The molecule has 0 bridgehead atoms. The molecule has 0 spiro atoms. The summed E-state index contributed by atoms with van der Waals surface area (Å²) >= 11 is 2.75. The number of benzene rings is 1. The third-order valence-electron chi connectivity index (χ3n) is 5.37. The SMILES string of the molecule is Cc1c(C(=O)N(CC2CCCO2)c2nc3ccccc3s2)sc2ncn(C)c(=O)c12. The number of fused-ring (bicyclic) bond motifs is 2. The number of carbonyl (C=O) groups excluding carboxylic acids is 1. The Kier molecular flexibility index (Phi) is 4.88. The first-order valence-corrected chi connectivity index (χ1v) is 11.4. The van der Waals surface area contributed by atoms with E-state index in [1.54, 1.807) is 11.9 Å². The number of hydrogen-bond acceptors (Lipinski definition) is 7. The highest BCUT2D eigenvalue weighted by molar-refractivity contribution is 7.23. The second-order valence-electron chi connectivity index (χ2n) is 7.41. The van der Waals surface area contributed by atoms with Gasteiger partial charge in [0.25, 0.3) is 11.5 Å². The van der Waals surface area contributed by atoms with Crippen molar-refractivity contribution in [2.24, 2.45) is 7.05 Å².